The molecule has 3 heterocycles. The Bertz CT molecular complexity index is 732. The molecule has 0 unspecified atom stereocenters. The summed E-state index contributed by atoms with van der Waals surface area (Å²) in [7, 11) is 0. The van der Waals surface area contributed by atoms with E-state index in [1.54, 1.807) is 24.7 Å². The van der Waals surface area contributed by atoms with E-state index in [1.165, 1.54) is 16.9 Å². The lowest BCUT2D eigenvalue weighted by Gasteiger charge is -2.09. The van der Waals surface area contributed by atoms with E-state index < -0.39 is 11.7 Å². The number of pyridine rings is 1. The second-order valence-corrected chi connectivity index (χ2v) is 4.12. The second-order valence-electron chi connectivity index (χ2n) is 4.12. The minimum atomic E-state index is -3.08. The van der Waals surface area contributed by atoms with Crippen LogP contribution in [0.3, 0.4) is 0 Å². The molecule has 0 aliphatic rings. The summed E-state index contributed by atoms with van der Waals surface area (Å²) in [5, 5.41) is 4.94. The van der Waals surface area contributed by atoms with Crippen LogP contribution in [0.1, 0.15) is 12.7 Å². The molecular weight excluding hydrogens is 252 g/mol. The van der Waals surface area contributed by atoms with Crippen molar-refractivity contribution in [1.82, 2.24) is 24.7 Å². The van der Waals surface area contributed by atoms with E-state index in [9.17, 15) is 8.78 Å². The molecule has 0 aliphatic carbocycles. The van der Waals surface area contributed by atoms with Crippen LogP contribution in [0, 0.1) is 0 Å². The molecular formula is C12H9F2N5. The first-order chi connectivity index (χ1) is 9.05. The van der Waals surface area contributed by atoms with E-state index in [0.717, 1.165) is 17.8 Å². The molecule has 0 bridgehead atoms. The summed E-state index contributed by atoms with van der Waals surface area (Å²) >= 11 is 0. The Hall–Kier alpha value is -2.44. The molecule has 0 spiro atoms. The monoisotopic (exact) mass is 261 g/mol. The van der Waals surface area contributed by atoms with Gasteiger partial charge in [-0.25, -0.2) is 14.6 Å². The van der Waals surface area contributed by atoms with Crippen LogP contribution in [0.4, 0.5) is 8.78 Å². The fourth-order valence-electron chi connectivity index (χ4n) is 1.74. The fourth-order valence-corrected chi connectivity index (χ4v) is 1.74. The maximum absolute atomic E-state index is 13.2. The van der Waals surface area contributed by atoms with Gasteiger partial charge in [0.05, 0.1) is 11.7 Å². The Kier molecular flexibility index (Phi) is 2.48. The van der Waals surface area contributed by atoms with Gasteiger partial charge in [-0.05, 0) is 6.07 Å². The zero-order chi connectivity index (χ0) is 13.5. The van der Waals surface area contributed by atoms with Gasteiger partial charge in [0.2, 0.25) is 5.82 Å². The predicted molar refractivity (Wildman–Crippen MR) is 64.0 cm³/mol. The van der Waals surface area contributed by atoms with Gasteiger partial charge >= 0.3 is 5.92 Å². The summed E-state index contributed by atoms with van der Waals surface area (Å²) < 4.78 is 27.9. The van der Waals surface area contributed by atoms with Crippen LogP contribution < -0.4 is 0 Å². The maximum atomic E-state index is 13.2. The molecule has 0 fully saturated rings. The zero-order valence-corrected chi connectivity index (χ0v) is 9.96. The summed E-state index contributed by atoms with van der Waals surface area (Å²) in [5.41, 5.74) is 0.749. The van der Waals surface area contributed by atoms with E-state index in [-0.39, 0.29) is 0 Å². The maximum Gasteiger partial charge on any atom is 0.303 e. The first kappa shape index (κ1) is 11.6. The molecule has 7 heteroatoms. The van der Waals surface area contributed by atoms with Crippen LogP contribution >= 0.6 is 0 Å². The quantitative estimate of drug-likeness (QED) is 0.710. The van der Waals surface area contributed by atoms with Gasteiger partial charge in [0.25, 0.3) is 0 Å². The van der Waals surface area contributed by atoms with Gasteiger partial charge in [0.15, 0.2) is 5.82 Å². The van der Waals surface area contributed by atoms with Crippen molar-refractivity contribution in [2.45, 2.75) is 12.8 Å². The number of hydrogen-bond donors (Lipinski definition) is 0. The SMILES string of the molecule is CC(F)(F)c1nccc(-n2ncc3cnccc32)n1. The number of aromatic nitrogens is 5. The zero-order valence-electron chi connectivity index (χ0n) is 9.96. The van der Waals surface area contributed by atoms with E-state index in [1.807, 2.05) is 0 Å². The number of fused-ring (bicyclic) bond motifs is 1. The Labute approximate surface area is 106 Å². The van der Waals surface area contributed by atoms with Crippen molar-refractivity contribution in [2.24, 2.45) is 0 Å². The molecule has 0 saturated carbocycles. The highest BCUT2D eigenvalue weighted by atomic mass is 19.3. The highest BCUT2D eigenvalue weighted by Gasteiger charge is 2.28. The lowest BCUT2D eigenvalue weighted by Crippen LogP contribution is -2.14. The van der Waals surface area contributed by atoms with E-state index in [2.05, 4.69) is 20.1 Å². The number of rotatable bonds is 2. The lowest BCUT2D eigenvalue weighted by atomic mass is 10.3. The Morgan fingerprint density at radius 1 is 1.16 bits per heavy atom. The second kappa shape index (κ2) is 4.04. The topological polar surface area (TPSA) is 56.5 Å². The highest BCUT2D eigenvalue weighted by molar-refractivity contribution is 5.78. The Balaban J connectivity index is 2.17. The van der Waals surface area contributed by atoms with Crippen molar-refractivity contribution in [1.29, 1.82) is 0 Å². The smallest absolute Gasteiger partial charge is 0.264 e. The van der Waals surface area contributed by atoms with Gasteiger partial charge in [-0.2, -0.15) is 13.9 Å². The van der Waals surface area contributed by atoms with E-state index in [0.29, 0.717) is 5.82 Å². The van der Waals surface area contributed by atoms with Gasteiger partial charge in [0, 0.05) is 37.0 Å². The molecule has 96 valence electrons. The van der Waals surface area contributed by atoms with Crippen LogP contribution in [-0.2, 0) is 5.92 Å². The molecule has 3 aromatic rings. The summed E-state index contributed by atoms with van der Waals surface area (Å²) in [5.74, 6) is -3.31. The number of alkyl halides is 2. The third kappa shape index (κ3) is 2.03. The van der Waals surface area contributed by atoms with Crippen LogP contribution in [-0.4, -0.2) is 24.7 Å². The Morgan fingerprint density at radius 3 is 2.79 bits per heavy atom. The van der Waals surface area contributed by atoms with Gasteiger partial charge in [0.1, 0.15) is 0 Å². The predicted octanol–water partition coefficient (Wildman–Crippen LogP) is 2.32. The average molecular weight is 261 g/mol. The van der Waals surface area contributed by atoms with Crippen molar-refractivity contribution < 1.29 is 8.78 Å². The van der Waals surface area contributed by atoms with Gasteiger partial charge in [-0.3, -0.25) is 4.98 Å². The van der Waals surface area contributed by atoms with Crippen molar-refractivity contribution in [3.05, 3.63) is 42.7 Å². The van der Waals surface area contributed by atoms with E-state index >= 15 is 0 Å². The molecule has 0 saturated heterocycles. The first-order valence-corrected chi connectivity index (χ1v) is 5.55. The van der Waals surface area contributed by atoms with Crippen molar-refractivity contribution in [2.75, 3.05) is 0 Å². The molecule has 0 amide bonds. The fraction of sp³-hybridized carbons (Fsp3) is 0.167. The molecule has 19 heavy (non-hydrogen) atoms. The molecule has 0 N–H and O–H groups in total. The molecule has 0 atom stereocenters. The van der Waals surface area contributed by atoms with E-state index in [4.69, 9.17) is 0 Å². The average Bonchev–Trinajstić information content (AvgIpc) is 2.82. The summed E-state index contributed by atoms with van der Waals surface area (Å²) in [6, 6.07) is 3.27. The van der Waals surface area contributed by atoms with Crippen LogP contribution in [0.2, 0.25) is 0 Å². The van der Waals surface area contributed by atoms with Crippen LogP contribution in [0.15, 0.2) is 36.9 Å². The van der Waals surface area contributed by atoms with Crippen molar-refractivity contribution in [3.8, 4) is 5.82 Å². The number of nitrogens with zero attached hydrogens (tertiary/aromatic N) is 5. The number of hydrogen-bond acceptors (Lipinski definition) is 4. The lowest BCUT2D eigenvalue weighted by molar-refractivity contribution is 0.00764. The third-order valence-corrected chi connectivity index (χ3v) is 2.62. The van der Waals surface area contributed by atoms with Crippen LogP contribution in [0.25, 0.3) is 16.7 Å². The molecule has 0 aromatic carbocycles. The van der Waals surface area contributed by atoms with Crippen LogP contribution in [0.5, 0.6) is 0 Å². The molecule has 3 aromatic heterocycles. The third-order valence-electron chi connectivity index (χ3n) is 2.62. The first-order valence-electron chi connectivity index (χ1n) is 5.55. The summed E-state index contributed by atoms with van der Waals surface area (Å²) in [6.45, 7) is 0.761. The molecule has 3 rings (SSSR count). The minimum absolute atomic E-state index is 0.299. The molecule has 0 radical (unpaired) electrons. The minimum Gasteiger partial charge on any atom is -0.264 e. The largest absolute Gasteiger partial charge is 0.303 e. The summed E-state index contributed by atoms with van der Waals surface area (Å²) in [6.07, 6.45) is 6.16. The van der Waals surface area contributed by atoms with Crippen molar-refractivity contribution >= 4 is 10.9 Å². The normalized spacial score (nSPS) is 11.9. The Morgan fingerprint density at radius 2 is 2.00 bits per heavy atom. The van der Waals surface area contributed by atoms with Gasteiger partial charge in [-0.15, -0.1) is 0 Å². The number of halogens is 2. The van der Waals surface area contributed by atoms with Gasteiger partial charge in [-0.1, -0.05) is 0 Å². The highest BCUT2D eigenvalue weighted by Crippen LogP contribution is 2.24. The molecule has 5 nitrogen and oxygen atoms in total. The van der Waals surface area contributed by atoms with Crippen molar-refractivity contribution in [3.63, 3.8) is 0 Å². The summed E-state index contributed by atoms with van der Waals surface area (Å²) in [4.78, 5) is 11.4. The molecule has 0 aliphatic heterocycles. The van der Waals surface area contributed by atoms with Gasteiger partial charge < -0.3 is 0 Å². The standard InChI is InChI=1S/C12H9F2N5/c1-12(13,14)11-16-5-3-10(18-11)19-9-2-4-15-6-8(9)7-17-19/h2-7H,1H3.